The highest BCUT2D eigenvalue weighted by Crippen LogP contribution is 2.37. The van der Waals surface area contributed by atoms with Gasteiger partial charge in [-0.2, -0.15) is 5.26 Å². The van der Waals surface area contributed by atoms with Crippen molar-refractivity contribution >= 4 is 12.2 Å². The van der Waals surface area contributed by atoms with Gasteiger partial charge in [-0.3, -0.25) is 0 Å². The molecule has 1 fully saturated rings. The molecule has 3 aromatic rings. The highest BCUT2D eigenvalue weighted by Gasteiger charge is 2.45. The summed E-state index contributed by atoms with van der Waals surface area (Å²) in [6.07, 6.45) is -7.05. The van der Waals surface area contributed by atoms with E-state index in [2.05, 4.69) is 6.07 Å². The van der Waals surface area contributed by atoms with Crippen molar-refractivity contribution in [2.75, 3.05) is 13.7 Å². The number of aromatic nitrogens is 1. The average Bonchev–Trinajstić information content (AvgIpc) is 2.88. The van der Waals surface area contributed by atoms with Crippen molar-refractivity contribution in [3.05, 3.63) is 70.9 Å². The molecule has 0 unspecified atom stereocenters. The molecule has 1 aliphatic heterocycles. The van der Waals surface area contributed by atoms with Gasteiger partial charge in [-0.05, 0) is 29.3 Å². The minimum absolute atomic E-state index is 0.0824. The quantitative estimate of drug-likeness (QED) is 0.410. The van der Waals surface area contributed by atoms with Gasteiger partial charge in [0.2, 0.25) is 0 Å². The van der Waals surface area contributed by atoms with Crippen LogP contribution in [0.25, 0.3) is 22.4 Å². The third-order valence-corrected chi connectivity index (χ3v) is 6.35. The molecule has 1 saturated heterocycles. The fourth-order valence-corrected chi connectivity index (χ4v) is 4.47. The summed E-state index contributed by atoms with van der Waals surface area (Å²) in [5.74, 6) is 0.663. The number of ether oxygens (including phenoxy) is 2. The maximum atomic E-state index is 10.8. The number of nitrogens with zero attached hydrogens (tertiary/aromatic N) is 2. The highest BCUT2D eigenvalue weighted by atomic mass is 32.1. The van der Waals surface area contributed by atoms with Gasteiger partial charge >= 0.3 is 0 Å². The second-order valence-electron chi connectivity index (χ2n) is 7.92. The fraction of sp³-hybridized carbons (Fsp3) is 0.280. The second-order valence-corrected chi connectivity index (χ2v) is 8.31. The molecule has 0 aliphatic carbocycles. The first-order chi connectivity index (χ1) is 16.4. The first-order valence-corrected chi connectivity index (χ1v) is 11.0. The predicted octanol–water partition coefficient (Wildman–Crippen LogP) is 2.40. The molecular weight excluding hydrogens is 456 g/mol. The Kier molecular flexibility index (Phi) is 7.09. The van der Waals surface area contributed by atoms with Crippen LogP contribution in [0.1, 0.15) is 11.8 Å². The molecule has 0 bridgehead atoms. The number of rotatable bonds is 5. The molecular formula is C25H24N2O6S. The van der Waals surface area contributed by atoms with Gasteiger partial charge in [-0.25, -0.2) is 0 Å². The zero-order chi connectivity index (χ0) is 24.4. The average molecular weight is 481 g/mol. The predicted molar refractivity (Wildman–Crippen MR) is 126 cm³/mol. The van der Waals surface area contributed by atoms with E-state index in [4.69, 9.17) is 21.7 Å². The molecule has 0 saturated carbocycles. The van der Waals surface area contributed by atoms with Crippen LogP contribution >= 0.6 is 12.2 Å². The molecule has 1 aliphatic rings. The molecule has 4 N–H and O–H groups in total. The van der Waals surface area contributed by atoms with Crippen molar-refractivity contribution in [2.24, 2.45) is 0 Å². The van der Waals surface area contributed by atoms with Gasteiger partial charge in [0.15, 0.2) is 6.23 Å². The Bertz CT molecular complexity index is 1250. The van der Waals surface area contributed by atoms with Crippen LogP contribution in [0.15, 0.2) is 60.7 Å². The van der Waals surface area contributed by atoms with Crippen LogP contribution in [0, 0.1) is 16.0 Å². The van der Waals surface area contributed by atoms with Crippen LogP contribution in [0.5, 0.6) is 5.75 Å². The van der Waals surface area contributed by atoms with Crippen molar-refractivity contribution in [3.63, 3.8) is 0 Å². The Labute approximate surface area is 201 Å². The number of hydrogen-bond acceptors (Lipinski definition) is 8. The largest absolute Gasteiger partial charge is 0.497 e. The van der Waals surface area contributed by atoms with Gasteiger partial charge in [-0.1, -0.05) is 54.7 Å². The number of hydrogen-bond donors (Lipinski definition) is 4. The Morgan fingerprint density at radius 3 is 2.26 bits per heavy atom. The Morgan fingerprint density at radius 2 is 1.68 bits per heavy atom. The van der Waals surface area contributed by atoms with Gasteiger partial charge in [0.1, 0.15) is 40.9 Å². The highest BCUT2D eigenvalue weighted by molar-refractivity contribution is 7.71. The van der Waals surface area contributed by atoms with Gasteiger partial charge in [0.05, 0.1) is 25.0 Å². The van der Waals surface area contributed by atoms with Crippen LogP contribution in [-0.4, -0.2) is 63.1 Å². The number of pyridine rings is 1. The van der Waals surface area contributed by atoms with Crippen molar-refractivity contribution < 1.29 is 29.9 Å². The first kappa shape index (κ1) is 24.0. The summed E-state index contributed by atoms with van der Waals surface area (Å²) in [5.41, 5.74) is 2.75. The molecule has 2 heterocycles. The summed E-state index contributed by atoms with van der Waals surface area (Å²) in [6, 6.07) is 20.3. The Hall–Kier alpha value is -3.10. The summed E-state index contributed by atoms with van der Waals surface area (Å²) in [7, 11) is 1.57. The minimum atomic E-state index is -1.59. The standard InChI is InChI=1S/C25H24N2O6S/c1-32-16-9-7-14(8-10-16)17-11-19(15-5-3-2-4-6-15)27(25(34)18(17)12-26)24-23(31)22(30)21(29)20(13-28)33-24/h2-11,20-24,28-31H,13H2,1H3/t20-,21-,22+,23-,24-/m1/s1. The molecule has 0 radical (unpaired) electrons. The number of aliphatic hydroxyl groups excluding tert-OH is 4. The van der Waals surface area contributed by atoms with E-state index >= 15 is 0 Å². The number of methoxy groups -OCH3 is 1. The van der Waals surface area contributed by atoms with Crippen LogP contribution in [0.4, 0.5) is 0 Å². The number of nitriles is 1. The molecule has 2 aromatic carbocycles. The summed E-state index contributed by atoms with van der Waals surface area (Å²) >= 11 is 5.71. The van der Waals surface area contributed by atoms with E-state index in [9.17, 15) is 25.7 Å². The van der Waals surface area contributed by atoms with Crippen LogP contribution in [-0.2, 0) is 4.74 Å². The lowest BCUT2D eigenvalue weighted by atomic mass is 9.95. The molecule has 8 nitrogen and oxygen atoms in total. The van der Waals surface area contributed by atoms with E-state index in [0.29, 0.717) is 17.0 Å². The summed E-state index contributed by atoms with van der Waals surface area (Å²) in [5, 5.41) is 51.1. The normalized spacial score (nSPS) is 24.4. The maximum absolute atomic E-state index is 10.8. The molecule has 176 valence electrons. The maximum Gasteiger partial charge on any atom is 0.164 e. The Balaban J connectivity index is 1.98. The topological polar surface area (TPSA) is 128 Å². The Morgan fingerprint density at radius 1 is 1.00 bits per heavy atom. The van der Waals surface area contributed by atoms with Crippen molar-refractivity contribution in [3.8, 4) is 34.2 Å². The van der Waals surface area contributed by atoms with Crippen molar-refractivity contribution in [1.82, 2.24) is 4.57 Å². The smallest absolute Gasteiger partial charge is 0.164 e. The van der Waals surface area contributed by atoms with E-state index in [1.165, 1.54) is 4.57 Å². The van der Waals surface area contributed by atoms with Crippen LogP contribution < -0.4 is 4.74 Å². The third kappa shape index (κ3) is 4.23. The first-order valence-electron chi connectivity index (χ1n) is 10.6. The molecule has 0 amide bonds. The van der Waals surface area contributed by atoms with E-state index in [1.54, 1.807) is 25.3 Å². The zero-order valence-electron chi connectivity index (χ0n) is 18.3. The molecule has 9 heteroatoms. The molecule has 0 spiro atoms. The molecule has 4 rings (SSSR count). The fourth-order valence-electron chi connectivity index (χ4n) is 4.11. The summed E-state index contributed by atoms with van der Waals surface area (Å²) in [4.78, 5) is 0. The SMILES string of the molecule is COc1ccc(-c2cc(-c3ccccc3)n([C@@H]3O[C@H](CO)[C@@H](O)[C@H](O)[C@H]3O)c(=S)c2C#N)cc1. The number of aliphatic hydroxyl groups is 4. The van der Waals surface area contributed by atoms with Gasteiger partial charge in [0.25, 0.3) is 0 Å². The van der Waals surface area contributed by atoms with Gasteiger partial charge in [-0.15, -0.1) is 0 Å². The van der Waals surface area contributed by atoms with Crippen molar-refractivity contribution in [2.45, 2.75) is 30.6 Å². The zero-order valence-corrected chi connectivity index (χ0v) is 19.1. The van der Waals surface area contributed by atoms with E-state index in [-0.39, 0.29) is 10.2 Å². The summed E-state index contributed by atoms with van der Waals surface area (Å²) in [6.45, 7) is -0.579. The van der Waals surface area contributed by atoms with E-state index in [1.807, 2.05) is 42.5 Å². The molecule has 34 heavy (non-hydrogen) atoms. The van der Waals surface area contributed by atoms with Gasteiger partial charge < -0.3 is 34.5 Å². The second kappa shape index (κ2) is 10.0. The third-order valence-electron chi connectivity index (χ3n) is 5.95. The minimum Gasteiger partial charge on any atom is -0.497 e. The lowest BCUT2D eigenvalue weighted by Gasteiger charge is -2.41. The molecule has 5 atom stereocenters. The van der Waals surface area contributed by atoms with Crippen LogP contribution in [0.3, 0.4) is 0 Å². The monoisotopic (exact) mass is 480 g/mol. The van der Waals surface area contributed by atoms with E-state index in [0.717, 1.165) is 11.1 Å². The lowest BCUT2D eigenvalue weighted by Crippen LogP contribution is -2.56. The van der Waals surface area contributed by atoms with Crippen molar-refractivity contribution in [1.29, 1.82) is 5.26 Å². The van der Waals surface area contributed by atoms with Crippen LogP contribution in [0.2, 0.25) is 0 Å². The van der Waals surface area contributed by atoms with E-state index < -0.39 is 37.3 Å². The lowest BCUT2D eigenvalue weighted by molar-refractivity contribution is -0.251. The summed E-state index contributed by atoms with van der Waals surface area (Å²) < 4.78 is 12.6. The van der Waals surface area contributed by atoms with Gasteiger partial charge in [0, 0.05) is 5.56 Å². The molecule has 1 aromatic heterocycles. The number of benzene rings is 2.